The van der Waals surface area contributed by atoms with Gasteiger partial charge < -0.3 is 4.74 Å². The molecule has 3 rings (SSSR count). The number of pyridine rings is 1. The van der Waals surface area contributed by atoms with Crippen LogP contribution in [0.1, 0.15) is 5.56 Å². The zero-order valence-electron chi connectivity index (χ0n) is 11.4. The minimum absolute atomic E-state index is 0.155. The van der Waals surface area contributed by atoms with Crippen LogP contribution >= 0.6 is 11.6 Å². The number of fused-ring (bicyclic) bond motifs is 1. The number of hydrogen-bond donors (Lipinski definition) is 0. The summed E-state index contributed by atoms with van der Waals surface area (Å²) in [7, 11) is 1.37. The lowest BCUT2D eigenvalue weighted by Gasteiger charge is -2.06. The molecule has 0 N–H and O–H groups in total. The number of methoxy groups -OCH3 is 1. The molecule has 2 aromatic heterocycles. The van der Waals surface area contributed by atoms with Crippen molar-refractivity contribution in [2.24, 2.45) is 0 Å². The summed E-state index contributed by atoms with van der Waals surface area (Å²) in [5, 5.41) is 4.87. The van der Waals surface area contributed by atoms with Gasteiger partial charge in [-0.1, -0.05) is 23.7 Å². The van der Waals surface area contributed by atoms with Crippen LogP contribution in [0.3, 0.4) is 0 Å². The first kappa shape index (κ1) is 13.6. The predicted molar refractivity (Wildman–Crippen MR) is 81.4 cm³/mol. The topological polar surface area (TPSA) is 43.6 Å². The molecule has 1 aromatic carbocycles. The second-order valence-corrected chi connectivity index (χ2v) is 5.05. The van der Waals surface area contributed by atoms with Gasteiger partial charge in [-0.3, -0.25) is 4.79 Å². The zero-order chi connectivity index (χ0) is 14.8. The van der Waals surface area contributed by atoms with E-state index in [1.54, 1.807) is 12.3 Å². The summed E-state index contributed by atoms with van der Waals surface area (Å²) < 4.78 is 6.51. The molecular weight excluding hydrogens is 288 g/mol. The molecule has 3 aromatic rings. The SMILES string of the molecule is COC(=O)Cc1cc(-c2cnn3ccccc23)ccc1Cl. The molecule has 106 valence electrons. The van der Waals surface area contributed by atoms with Crippen molar-refractivity contribution in [1.82, 2.24) is 9.61 Å². The molecule has 0 atom stereocenters. The molecule has 0 bridgehead atoms. The van der Waals surface area contributed by atoms with Gasteiger partial charge in [-0.15, -0.1) is 0 Å². The Balaban J connectivity index is 2.06. The summed E-state index contributed by atoms with van der Waals surface area (Å²) in [6.07, 6.45) is 3.85. The Morgan fingerprint density at radius 2 is 2.19 bits per heavy atom. The van der Waals surface area contributed by atoms with Crippen molar-refractivity contribution >= 4 is 23.1 Å². The van der Waals surface area contributed by atoms with E-state index in [1.807, 2.05) is 41.0 Å². The number of ether oxygens (including phenoxy) is 1. The van der Waals surface area contributed by atoms with Crippen molar-refractivity contribution in [2.45, 2.75) is 6.42 Å². The smallest absolute Gasteiger partial charge is 0.310 e. The number of hydrogen-bond acceptors (Lipinski definition) is 3. The van der Waals surface area contributed by atoms with Crippen LogP contribution in [0.25, 0.3) is 16.6 Å². The van der Waals surface area contributed by atoms with Gasteiger partial charge in [-0.05, 0) is 35.4 Å². The molecule has 0 saturated heterocycles. The van der Waals surface area contributed by atoms with E-state index in [0.29, 0.717) is 5.02 Å². The number of halogens is 1. The van der Waals surface area contributed by atoms with Crippen molar-refractivity contribution in [2.75, 3.05) is 7.11 Å². The Bertz CT molecular complexity index is 811. The second kappa shape index (κ2) is 5.58. The Hall–Kier alpha value is -2.33. The summed E-state index contributed by atoms with van der Waals surface area (Å²) in [5.41, 5.74) is 3.72. The fraction of sp³-hybridized carbons (Fsp3) is 0.125. The highest BCUT2D eigenvalue weighted by molar-refractivity contribution is 6.31. The van der Waals surface area contributed by atoms with Gasteiger partial charge >= 0.3 is 5.97 Å². The molecule has 4 nitrogen and oxygen atoms in total. The summed E-state index contributed by atoms with van der Waals surface area (Å²) in [6, 6.07) is 11.5. The predicted octanol–water partition coefficient (Wildman–Crippen LogP) is 3.37. The maximum absolute atomic E-state index is 11.4. The molecule has 2 heterocycles. The third kappa shape index (κ3) is 2.62. The zero-order valence-corrected chi connectivity index (χ0v) is 12.2. The van der Waals surface area contributed by atoms with Gasteiger partial charge in [0.25, 0.3) is 0 Å². The monoisotopic (exact) mass is 300 g/mol. The van der Waals surface area contributed by atoms with Crippen LogP contribution < -0.4 is 0 Å². The van der Waals surface area contributed by atoms with Gasteiger partial charge in [0.05, 0.1) is 25.2 Å². The van der Waals surface area contributed by atoms with E-state index in [4.69, 9.17) is 16.3 Å². The van der Waals surface area contributed by atoms with Gasteiger partial charge in [0.1, 0.15) is 0 Å². The first-order chi connectivity index (χ1) is 10.2. The lowest BCUT2D eigenvalue weighted by molar-refractivity contribution is -0.139. The van der Waals surface area contributed by atoms with E-state index in [-0.39, 0.29) is 12.4 Å². The summed E-state index contributed by atoms with van der Waals surface area (Å²) in [5.74, 6) is -0.311. The summed E-state index contributed by atoms with van der Waals surface area (Å²) >= 11 is 6.15. The van der Waals surface area contributed by atoms with Crippen molar-refractivity contribution in [3.05, 3.63) is 59.4 Å². The third-order valence-electron chi connectivity index (χ3n) is 3.35. The number of nitrogens with zero attached hydrogens (tertiary/aromatic N) is 2. The number of aromatic nitrogens is 2. The van der Waals surface area contributed by atoms with E-state index in [0.717, 1.165) is 22.2 Å². The average molecular weight is 301 g/mol. The van der Waals surface area contributed by atoms with E-state index in [2.05, 4.69) is 5.10 Å². The fourth-order valence-corrected chi connectivity index (χ4v) is 2.45. The molecule has 5 heteroatoms. The molecular formula is C16H13ClN2O2. The standard InChI is InChI=1S/C16H13ClN2O2/c1-21-16(20)9-12-8-11(5-6-14(12)17)13-10-18-19-7-3-2-4-15(13)19/h2-8,10H,9H2,1H3. The average Bonchev–Trinajstić information content (AvgIpc) is 2.93. The fourth-order valence-electron chi connectivity index (χ4n) is 2.26. The van der Waals surface area contributed by atoms with E-state index in [1.165, 1.54) is 7.11 Å². The molecule has 0 radical (unpaired) electrons. The molecule has 0 spiro atoms. The molecule has 0 unspecified atom stereocenters. The van der Waals surface area contributed by atoms with Crippen molar-refractivity contribution < 1.29 is 9.53 Å². The molecule has 0 saturated carbocycles. The molecule has 0 aliphatic carbocycles. The van der Waals surface area contributed by atoms with Crippen LogP contribution in [0.15, 0.2) is 48.8 Å². The number of rotatable bonds is 3. The molecule has 0 amide bonds. The number of carbonyl (C=O) groups excluding carboxylic acids is 1. The molecule has 0 aliphatic rings. The summed E-state index contributed by atoms with van der Waals surface area (Å²) in [6.45, 7) is 0. The van der Waals surface area contributed by atoms with Crippen molar-refractivity contribution in [3.8, 4) is 11.1 Å². The van der Waals surface area contributed by atoms with Crippen LogP contribution in [-0.2, 0) is 16.0 Å². The van der Waals surface area contributed by atoms with Crippen molar-refractivity contribution in [3.63, 3.8) is 0 Å². The van der Waals surface area contributed by atoms with Gasteiger partial charge in [-0.2, -0.15) is 5.10 Å². The normalized spacial score (nSPS) is 10.8. The Kier molecular flexibility index (Phi) is 3.62. The van der Waals surface area contributed by atoms with E-state index >= 15 is 0 Å². The number of benzene rings is 1. The quantitative estimate of drug-likeness (QED) is 0.697. The van der Waals surface area contributed by atoms with Crippen LogP contribution in [0.2, 0.25) is 5.02 Å². The molecule has 0 aliphatic heterocycles. The van der Waals surface area contributed by atoms with Gasteiger partial charge in [0.2, 0.25) is 0 Å². The first-order valence-electron chi connectivity index (χ1n) is 6.47. The highest BCUT2D eigenvalue weighted by Gasteiger charge is 2.11. The van der Waals surface area contributed by atoms with Crippen LogP contribution in [-0.4, -0.2) is 22.7 Å². The number of carbonyl (C=O) groups is 1. The van der Waals surface area contributed by atoms with Gasteiger partial charge in [-0.25, -0.2) is 4.52 Å². The highest BCUT2D eigenvalue weighted by Crippen LogP contribution is 2.28. The second-order valence-electron chi connectivity index (χ2n) is 4.65. The Morgan fingerprint density at radius 1 is 1.33 bits per heavy atom. The van der Waals surface area contributed by atoms with Gasteiger partial charge in [0, 0.05) is 16.8 Å². The highest BCUT2D eigenvalue weighted by atomic mass is 35.5. The largest absolute Gasteiger partial charge is 0.469 e. The Morgan fingerprint density at radius 3 is 3.00 bits per heavy atom. The van der Waals surface area contributed by atoms with Crippen LogP contribution in [0, 0.1) is 0 Å². The lowest BCUT2D eigenvalue weighted by atomic mass is 10.0. The summed E-state index contributed by atoms with van der Waals surface area (Å²) in [4.78, 5) is 11.4. The number of esters is 1. The third-order valence-corrected chi connectivity index (χ3v) is 3.71. The van der Waals surface area contributed by atoms with Crippen LogP contribution in [0.5, 0.6) is 0 Å². The molecule has 21 heavy (non-hydrogen) atoms. The lowest BCUT2D eigenvalue weighted by Crippen LogP contribution is -2.05. The maximum Gasteiger partial charge on any atom is 0.310 e. The van der Waals surface area contributed by atoms with Crippen LogP contribution in [0.4, 0.5) is 0 Å². The maximum atomic E-state index is 11.4. The first-order valence-corrected chi connectivity index (χ1v) is 6.85. The van der Waals surface area contributed by atoms with Gasteiger partial charge in [0.15, 0.2) is 0 Å². The minimum Gasteiger partial charge on any atom is -0.469 e. The van der Waals surface area contributed by atoms with Crippen molar-refractivity contribution in [1.29, 1.82) is 0 Å². The Labute approximate surface area is 126 Å². The van der Waals surface area contributed by atoms with E-state index in [9.17, 15) is 4.79 Å². The minimum atomic E-state index is -0.311. The molecule has 0 fully saturated rings. The van der Waals surface area contributed by atoms with E-state index < -0.39 is 0 Å².